The summed E-state index contributed by atoms with van der Waals surface area (Å²) in [5.41, 5.74) is -0.146. The minimum Gasteiger partial charge on any atom is -0.353 e. The molecule has 1 amide bonds. The highest BCUT2D eigenvalue weighted by Gasteiger charge is 2.51. The minimum absolute atomic E-state index is 0.0398. The van der Waals surface area contributed by atoms with Crippen molar-refractivity contribution in [1.29, 1.82) is 0 Å². The summed E-state index contributed by atoms with van der Waals surface area (Å²) in [6, 6.07) is 0.203. The van der Waals surface area contributed by atoms with Crippen molar-refractivity contribution >= 4 is 5.91 Å². The molecular formula is C21H39NO. The second-order valence-electron chi connectivity index (χ2n) is 10.8. The van der Waals surface area contributed by atoms with Gasteiger partial charge >= 0.3 is 0 Å². The maximum atomic E-state index is 13.0. The first-order valence-electron chi connectivity index (χ1n) is 9.67. The van der Waals surface area contributed by atoms with Gasteiger partial charge in [0.15, 0.2) is 0 Å². The molecule has 1 N–H and O–H groups in total. The van der Waals surface area contributed by atoms with Gasteiger partial charge < -0.3 is 5.32 Å². The summed E-state index contributed by atoms with van der Waals surface area (Å²) in [5, 5.41) is 3.18. The van der Waals surface area contributed by atoms with Crippen molar-refractivity contribution in [3.63, 3.8) is 0 Å². The van der Waals surface area contributed by atoms with Crippen LogP contribution in [-0.4, -0.2) is 11.9 Å². The molecule has 2 aliphatic rings. The second kappa shape index (κ2) is 6.08. The van der Waals surface area contributed by atoms with Gasteiger partial charge in [-0.2, -0.15) is 0 Å². The van der Waals surface area contributed by atoms with Crippen molar-refractivity contribution in [1.82, 2.24) is 5.32 Å². The van der Waals surface area contributed by atoms with Gasteiger partial charge in [-0.15, -0.1) is 0 Å². The van der Waals surface area contributed by atoms with Crippen LogP contribution in [0.25, 0.3) is 0 Å². The zero-order valence-corrected chi connectivity index (χ0v) is 16.8. The number of hydrogen-bond donors (Lipinski definition) is 1. The Morgan fingerprint density at radius 1 is 1.09 bits per heavy atom. The standard InChI is InChI=1S/C21H39NO/c1-14(2)22-18(23)21(8,19(3,4)5)13-20(6,7)12-16-11-15-9-10-17(15)16/h14-17H,9-13H2,1-8H3,(H,22,23). The molecule has 23 heavy (non-hydrogen) atoms. The zero-order chi connectivity index (χ0) is 17.6. The van der Waals surface area contributed by atoms with Crippen LogP contribution in [0.2, 0.25) is 0 Å². The lowest BCUT2D eigenvalue weighted by Gasteiger charge is -2.56. The summed E-state index contributed by atoms with van der Waals surface area (Å²) in [5.74, 6) is 3.21. The maximum absolute atomic E-state index is 13.0. The zero-order valence-electron chi connectivity index (χ0n) is 16.8. The van der Waals surface area contributed by atoms with E-state index in [1.807, 2.05) is 0 Å². The molecule has 134 valence electrons. The van der Waals surface area contributed by atoms with E-state index < -0.39 is 0 Å². The van der Waals surface area contributed by atoms with Crippen LogP contribution < -0.4 is 5.32 Å². The normalized spacial score (nSPS) is 30.0. The Morgan fingerprint density at radius 2 is 1.70 bits per heavy atom. The van der Waals surface area contributed by atoms with E-state index in [4.69, 9.17) is 0 Å². The Bertz CT molecular complexity index is 445. The van der Waals surface area contributed by atoms with Crippen molar-refractivity contribution in [3.05, 3.63) is 0 Å². The molecule has 0 aliphatic heterocycles. The van der Waals surface area contributed by atoms with Gasteiger partial charge in [0.1, 0.15) is 0 Å². The summed E-state index contributed by atoms with van der Waals surface area (Å²) >= 11 is 0. The molecule has 4 unspecified atom stereocenters. The monoisotopic (exact) mass is 321 g/mol. The number of carbonyl (C=O) groups is 1. The smallest absolute Gasteiger partial charge is 0.226 e. The van der Waals surface area contributed by atoms with Gasteiger partial charge in [0, 0.05) is 6.04 Å². The fourth-order valence-corrected chi connectivity index (χ4v) is 4.96. The maximum Gasteiger partial charge on any atom is 0.226 e. The highest BCUT2D eigenvalue weighted by atomic mass is 16.2. The van der Waals surface area contributed by atoms with Gasteiger partial charge in [-0.3, -0.25) is 4.79 Å². The molecule has 2 saturated carbocycles. The van der Waals surface area contributed by atoms with Gasteiger partial charge in [0.2, 0.25) is 5.91 Å². The Morgan fingerprint density at radius 3 is 2.04 bits per heavy atom. The quantitative estimate of drug-likeness (QED) is 0.695. The van der Waals surface area contributed by atoms with Gasteiger partial charge in [0.25, 0.3) is 0 Å². The van der Waals surface area contributed by atoms with Crippen molar-refractivity contribution in [2.24, 2.45) is 34.0 Å². The van der Waals surface area contributed by atoms with Gasteiger partial charge in [-0.05, 0) is 74.5 Å². The Kier molecular flexibility index (Phi) is 4.97. The number of fused-ring (bicyclic) bond motifs is 1. The van der Waals surface area contributed by atoms with Crippen LogP contribution in [0.5, 0.6) is 0 Å². The largest absolute Gasteiger partial charge is 0.353 e. The first-order chi connectivity index (χ1) is 10.4. The number of carbonyl (C=O) groups excluding carboxylic acids is 1. The third-order valence-corrected chi connectivity index (χ3v) is 6.91. The highest BCUT2D eigenvalue weighted by molar-refractivity contribution is 5.83. The predicted octanol–water partition coefficient (Wildman–Crippen LogP) is 5.42. The molecule has 0 bridgehead atoms. The SMILES string of the molecule is CC(C)NC(=O)C(C)(CC(C)(C)CC1CC2CCC21)C(C)(C)C. The number of rotatable bonds is 6. The van der Waals surface area contributed by atoms with E-state index in [-0.39, 0.29) is 28.2 Å². The van der Waals surface area contributed by atoms with Crippen LogP contribution in [0.1, 0.15) is 87.5 Å². The minimum atomic E-state index is -0.330. The van der Waals surface area contributed by atoms with E-state index in [1.165, 1.54) is 25.7 Å². The van der Waals surface area contributed by atoms with Crippen molar-refractivity contribution in [3.8, 4) is 0 Å². The third-order valence-electron chi connectivity index (χ3n) is 6.91. The molecule has 0 aromatic heterocycles. The molecule has 0 heterocycles. The molecule has 0 spiro atoms. The van der Waals surface area contributed by atoms with Crippen molar-refractivity contribution < 1.29 is 4.79 Å². The fourth-order valence-electron chi connectivity index (χ4n) is 4.96. The summed E-state index contributed by atoms with van der Waals surface area (Å²) in [7, 11) is 0. The molecule has 2 rings (SSSR count). The summed E-state index contributed by atoms with van der Waals surface area (Å²) in [4.78, 5) is 13.0. The first-order valence-corrected chi connectivity index (χ1v) is 9.67. The van der Waals surface area contributed by atoms with E-state index in [0.29, 0.717) is 0 Å². The van der Waals surface area contributed by atoms with Crippen LogP contribution >= 0.6 is 0 Å². The first kappa shape index (κ1) is 18.8. The lowest BCUT2D eigenvalue weighted by atomic mass is 9.49. The molecule has 0 aromatic carbocycles. The Hall–Kier alpha value is -0.530. The van der Waals surface area contributed by atoms with Gasteiger partial charge in [-0.25, -0.2) is 0 Å². The second-order valence-corrected chi connectivity index (χ2v) is 10.8. The lowest BCUT2D eigenvalue weighted by molar-refractivity contribution is -0.140. The molecule has 0 saturated heterocycles. The van der Waals surface area contributed by atoms with Crippen LogP contribution in [0.15, 0.2) is 0 Å². The molecule has 2 heteroatoms. The molecule has 0 aromatic rings. The van der Waals surface area contributed by atoms with Crippen molar-refractivity contribution in [2.75, 3.05) is 0 Å². The average molecular weight is 322 g/mol. The Balaban J connectivity index is 2.07. The molecule has 0 radical (unpaired) electrons. The lowest BCUT2D eigenvalue weighted by Crippen LogP contribution is -2.52. The summed E-state index contributed by atoms with van der Waals surface area (Å²) < 4.78 is 0. The molecule has 2 aliphatic carbocycles. The van der Waals surface area contributed by atoms with E-state index in [0.717, 1.165) is 24.2 Å². The number of hydrogen-bond acceptors (Lipinski definition) is 1. The molecular weight excluding hydrogens is 282 g/mol. The molecule has 2 fully saturated rings. The topological polar surface area (TPSA) is 29.1 Å². The van der Waals surface area contributed by atoms with Crippen LogP contribution in [0.4, 0.5) is 0 Å². The Labute approximate surface area is 144 Å². The summed E-state index contributed by atoms with van der Waals surface area (Å²) in [6.45, 7) is 17.7. The highest BCUT2D eigenvalue weighted by Crippen LogP contribution is 2.59. The van der Waals surface area contributed by atoms with Crippen LogP contribution in [0, 0.1) is 34.0 Å². The van der Waals surface area contributed by atoms with Crippen molar-refractivity contribution in [2.45, 2.75) is 93.5 Å². The van der Waals surface area contributed by atoms with Crippen LogP contribution in [-0.2, 0) is 4.79 Å². The van der Waals surface area contributed by atoms with Gasteiger partial charge in [0.05, 0.1) is 5.41 Å². The van der Waals surface area contributed by atoms with E-state index in [2.05, 4.69) is 60.7 Å². The number of nitrogens with one attached hydrogen (secondary N) is 1. The number of amides is 1. The molecule has 2 nitrogen and oxygen atoms in total. The summed E-state index contributed by atoms with van der Waals surface area (Å²) in [6.07, 6.45) is 6.62. The van der Waals surface area contributed by atoms with E-state index in [1.54, 1.807) is 0 Å². The van der Waals surface area contributed by atoms with Gasteiger partial charge in [-0.1, -0.05) is 41.5 Å². The third kappa shape index (κ3) is 3.77. The van der Waals surface area contributed by atoms with Crippen LogP contribution in [0.3, 0.4) is 0 Å². The predicted molar refractivity (Wildman–Crippen MR) is 98.2 cm³/mol. The fraction of sp³-hybridized carbons (Fsp3) is 0.952. The molecule has 4 atom stereocenters. The van der Waals surface area contributed by atoms with E-state index >= 15 is 0 Å². The van der Waals surface area contributed by atoms with E-state index in [9.17, 15) is 4.79 Å². The average Bonchev–Trinajstić information content (AvgIpc) is 2.31.